The zero-order valence-electron chi connectivity index (χ0n) is 12.5. The van der Waals surface area contributed by atoms with Gasteiger partial charge in [-0.15, -0.1) is 0 Å². The van der Waals surface area contributed by atoms with Crippen LogP contribution in [-0.4, -0.2) is 36.0 Å². The first-order valence-corrected chi connectivity index (χ1v) is 7.43. The maximum absolute atomic E-state index is 12.3. The van der Waals surface area contributed by atoms with Gasteiger partial charge in [0.05, 0.1) is 0 Å². The number of para-hydroxylation sites is 1. The van der Waals surface area contributed by atoms with E-state index in [9.17, 15) is 19.5 Å². The molecule has 22 heavy (non-hydrogen) atoms. The molecule has 2 rings (SSSR count). The molecule has 0 aliphatic carbocycles. The maximum atomic E-state index is 12.3. The van der Waals surface area contributed by atoms with Crippen molar-refractivity contribution < 1.29 is 19.5 Å². The lowest BCUT2D eigenvalue weighted by Gasteiger charge is -2.17. The number of carbonyl (C=O) groups excluding carboxylic acids is 2. The van der Waals surface area contributed by atoms with E-state index in [2.05, 4.69) is 5.32 Å². The Morgan fingerprint density at radius 3 is 2.68 bits per heavy atom. The first kappa shape index (κ1) is 16.0. The normalized spacial score (nSPS) is 16.2. The van der Waals surface area contributed by atoms with Crippen molar-refractivity contribution in [3.63, 3.8) is 0 Å². The van der Waals surface area contributed by atoms with Crippen LogP contribution in [0.3, 0.4) is 0 Å². The van der Waals surface area contributed by atoms with Gasteiger partial charge in [0.15, 0.2) is 0 Å². The molecular weight excluding hydrogens is 284 g/mol. The van der Waals surface area contributed by atoms with Crippen molar-refractivity contribution in [3.8, 4) is 0 Å². The van der Waals surface area contributed by atoms with Gasteiger partial charge in [-0.05, 0) is 18.1 Å². The van der Waals surface area contributed by atoms with Gasteiger partial charge in [0.25, 0.3) is 0 Å². The second kappa shape index (κ2) is 7.06. The van der Waals surface area contributed by atoms with Crippen molar-refractivity contribution in [2.75, 3.05) is 18.0 Å². The number of rotatable bonds is 6. The lowest BCUT2D eigenvalue weighted by atomic mass is 10.0. The summed E-state index contributed by atoms with van der Waals surface area (Å²) in [5.74, 6) is -2.02. The second-order valence-electron chi connectivity index (χ2n) is 5.30. The summed E-state index contributed by atoms with van der Waals surface area (Å²) in [5, 5.41) is 12.0. The van der Waals surface area contributed by atoms with E-state index in [-0.39, 0.29) is 31.2 Å². The highest BCUT2D eigenvalue weighted by Crippen LogP contribution is 2.36. The van der Waals surface area contributed by atoms with Gasteiger partial charge in [0.1, 0.15) is 5.92 Å². The molecule has 1 unspecified atom stereocenters. The number of carbonyl (C=O) groups is 3. The fraction of sp³-hybridized carbons (Fsp3) is 0.438. The van der Waals surface area contributed by atoms with Crippen LogP contribution in [0.4, 0.5) is 5.69 Å². The number of carboxylic acid groups (broad SMARTS) is 1. The summed E-state index contributed by atoms with van der Waals surface area (Å²) in [6.07, 6.45) is 1.05. The topological polar surface area (TPSA) is 86.7 Å². The summed E-state index contributed by atoms with van der Waals surface area (Å²) < 4.78 is 0. The van der Waals surface area contributed by atoms with E-state index >= 15 is 0 Å². The van der Waals surface area contributed by atoms with Gasteiger partial charge in [-0.1, -0.05) is 25.1 Å². The molecule has 0 radical (unpaired) electrons. The third kappa shape index (κ3) is 3.44. The highest BCUT2D eigenvalue weighted by molar-refractivity contribution is 6.00. The molecule has 6 nitrogen and oxygen atoms in total. The average Bonchev–Trinajstić information content (AvgIpc) is 2.90. The molecule has 2 amide bonds. The molecule has 1 aromatic rings. The fourth-order valence-electron chi connectivity index (χ4n) is 2.56. The predicted octanol–water partition coefficient (Wildman–Crippen LogP) is 1.51. The molecular formula is C16H20N2O4. The highest BCUT2D eigenvalue weighted by Gasteiger charge is 2.36. The van der Waals surface area contributed by atoms with Crippen LogP contribution in [0.2, 0.25) is 0 Å². The van der Waals surface area contributed by atoms with Gasteiger partial charge in [0.2, 0.25) is 11.8 Å². The molecule has 1 aliphatic heterocycles. The molecule has 1 atom stereocenters. The number of carboxylic acids is 1. The first-order chi connectivity index (χ1) is 10.5. The molecule has 0 fully saturated rings. The Balaban J connectivity index is 2.02. The average molecular weight is 304 g/mol. The van der Waals surface area contributed by atoms with Crippen molar-refractivity contribution in [1.82, 2.24) is 5.32 Å². The number of amides is 2. The molecule has 1 aromatic carbocycles. The lowest BCUT2D eigenvalue weighted by Crippen LogP contribution is -2.32. The molecule has 0 aromatic heterocycles. The van der Waals surface area contributed by atoms with Crippen molar-refractivity contribution in [2.45, 2.75) is 32.1 Å². The Labute approximate surface area is 129 Å². The van der Waals surface area contributed by atoms with Crippen LogP contribution in [0.5, 0.6) is 0 Å². The molecule has 1 heterocycles. The number of hydrogen-bond acceptors (Lipinski definition) is 3. The van der Waals surface area contributed by atoms with E-state index in [1.807, 2.05) is 6.92 Å². The van der Waals surface area contributed by atoms with Crippen LogP contribution >= 0.6 is 0 Å². The summed E-state index contributed by atoms with van der Waals surface area (Å²) in [4.78, 5) is 36.7. The number of anilines is 1. The van der Waals surface area contributed by atoms with Crippen LogP contribution in [-0.2, 0) is 14.4 Å². The standard InChI is InChI=1S/C16H20N2O4/c1-2-9-17-14(19)7-8-15(20)18-10-12(16(21)22)11-5-3-4-6-13(11)18/h3-6,12H,2,7-10H2,1H3,(H,17,19)(H,21,22). The van der Waals surface area contributed by atoms with Gasteiger partial charge < -0.3 is 15.3 Å². The minimum Gasteiger partial charge on any atom is -0.481 e. The largest absolute Gasteiger partial charge is 0.481 e. The summed E-state index contributed by atoms with van der Waals surface area (Å²) in [6, 6.07) is 7.01. The van der Waals surface area contributed by atoms with Crippen LogP contribution in [0.1, 0.15) is 37.7 Å². The third-order valence-electron chi connectivity index (χ3n) is 3.71. The van der Waals surface area contributed by atoms with Crippen molar-refractivity contribution in [2.24, 2.45) is 0 Å². The monoisotopic (exact) mass is 304 g/mol. The minimum absolute atomic E-state index is 0.0796. The van der Waals surface area contributed by atoms with Crippen LogP contribution < -0.4 is 10.2 Å². The quantitative estimate of drug-likeness (QED) is 0.834. The van der Waals surface area contributed by atoms with Crippen molar-refractivity contribution in [1.29, 1.82) is 0 Å². The van der Waals surface area contributed by atoms with E-state index in [0.29, 0.717) is 17.8 Å². The van der Waals surface area contributed by atoms with Crippen molar-refractivity contribution >= 4 is 23.5 Å². The predicted molar refractivity (Wildman–Crippen MR) is 81.7 cm³/mol. The SMILES string of the molecule is CCCNC(=O)CCC(=O)N1CC(C(=O)O)c2ccccc21. The molecule has 6 heteroatoms. The number of nitrogens with one attached hydrogen (secondary N) is 1. The van der Waals surface area contributed by atoms with Gasteiger partial charge in [-0.25, -0.2) is 0 Å². The van der Waals surface area contributed by atoms with E-state index in [1.165, 1.54) is 4.90 Å². The van der Waals surface area contributed by atoms with Crippen LogP contribution in [0.25, 0.3) is 0 Å². The zero-order valence-corrected chi connectivity index (χ0v) is 12.5. The third-order valence-corrected chi connectivity index (χ3v) is 3.71. The summed E-state index contributed by atoms with van der Waals surface area (Å²) >= 11 is 0. The number of aliphatic carboxylic acids is 1. The first-order valence-electron chi connectivity index (χ1n) is 7.43. The minimum atomic E-state index is -0.941. The van der Waals surface area contributed by atoms with E-state index in [0.717, 1.165) is 6.42 Å². The Morgan fingerprint density at radius 2 is 2.00 bits per heavy atom. The zero-order chi connectivity index (χ0) is 16.1. The van der Waals surface area contributed by atoms with Gasteiger partial charge in [-0.2, -0.15) is 0 Å². The Morgan fingerprint density at radius 1 is 1.27 bits per heavy atom. The Hall–Kier alpha value is -2.37. The number of benzene rings is 1. The number of fused-ring (bicyclic) bond motifs is 1. The maximum Gasteiger partial charge on any atom is 0.312 e. The number of hydrogen-bond donors (Lipinski definition) is 2. The molecule has 0 spiro atoms. The van der Waals surface area contributed by atoms with Gasteiger partial charge >= 0.3 is 5.97 Å². The molecule has 0 saturated heterocycles. The summed E-state index contributed by atoms with van der Waals surface area (Å²) in [7, 11) is 0. The Kier molecular flexibility index (Phi) is 5.14. The highest BCUT2D eigenvalue weighted by atomic mass is 16.4. The fourth-order valence-corrected chi connectivity index (χ4v) is 2.56. The van der Waals surface area contributed by atoms with Gasteiger partial charge in [-0.3, -0.25) is 14.4 Å². The van der Waals surface area contributed by atoms with Gasteiger partial charge in [0, 0.05) is 31.6 Å². The van der Waals surface area contributed by atoms with Crippen LogP contribution in [0, 0.1) is 0 Å². The molecule has 0 bridgehead atoms. The summed E-state index contributed by atoms with van der Waals surface area (Å²) in [6.45, 7) is 2.68. The number of nitrogens with zero attached hydrogens (tertiary/aromatic N) is 1. The van der Waals surface area contributed by atoms with E-state index < -0.39 is 11.9 Å². The second-order valence-corrected chi connectivity index (χ2v) is 5.30. The molecule has 118 valence electrons. The molecule has 0 saturated carbocycles. The van der Waals surface area contributed by atoms with Crippen molar-refractivity contribution in [3.05, 3.63) is 29.8 Å². The lowest BCUT2D eigenvalue weighted by molar-refractivity contribution is -0.138. The smallest absolute Gasteiger partial charge is 0.312 e. The van der Waals surface area contributed by atoms with E-state index in [1.54, 1.807) is 24.3 Å². The summed E-state index contributed by atoms with van der Waals surface area (Å²) in [5.41, 5.74) is 1.28. The molecule has 1 aliphatic rings. The Bertz CT molecular complexity index is 585. The van der Waals surface area contributed by atoms with E-state index in [4.69, 9.17) is 0 Å². The van der Waals surface area contributed by atoms with Crippen LogP contribution in [0.15, 0.2) is 24.3 Å². The molecule has 2 N–H and O–H groups in total.